The van der Waals surface area contributed by atoms with Crippen LogP contribution in [0.5, 0.6) is 11.5 Å². The van der Waals surface area contributed by atoms with Gasteiger partial charge in [-0.25, -0.2) is 0 Å². The molecule has 1 fully saturated rings. The lowest BCUT2D eigenvalue weighted by molar-refractivity contribution is -0.140. The maximum Gasteiger partial charge on any atom is 0.295 e. The van der Waals surface area contributed by atoms with Crippen molar-refractivity contribution < 1.29 is 29.3 Å². The number of methoxy groups -OCH3 is 2. The first-order chi connectivity index (χ1) is 13.9. The number of amides is 1. The van der Waals surface area contributed by atoms with Crippen LogP contribution in [0.25, 0.3) is 5.76 Å². The number of aliphatic hydroxyl groups excluding tert-OH is 1. The summed E-state index contributed by atoms with van der Waals surface area (Å²) in [6.45, 7) is 0.353. The first-order valence-corrected chi connectivity index (χ1v) is 9.17. The molecule has 1 aliphatic rings. The van der Waals surface area contributed by atoms with Gasteiger partial charge in [0.25, 0.3) is 11.7 Å². The quantitative estimate of drug-likeness (QED) is 0.426. The summed E-state index contributed by atoms with van der Waals surface area (Å²) in [6.07, 6.45) is 0. The lowest BCUT2D eigenvalue weighted by atomic mass is 9.95. The number of aliphatic hydroxyl groups is 1. The average molecular weight is 418 g/mol. The van der Waals surface area contributed by atoms with Crippen molar-refractivity contribution >= 4 is 29.1 Å². The van der Waals surface area contributed by atoms with Crippen molar-refractivity contribution in [2.24, 2.45) is 0 Å². The number of carbonyl (C=O) groups excluding carboxylic acids is 2. The molecule has 152 valence electrons. The number of aromatic hydroxyl groups is 1. The summed E-state index contributed by atoms with van der Waals surface area (Å²) in [4.78, 5) is 26.8. The number of ether oxygens (including phenoxy) is 2. The van der Waals surface area contributed by atoms with Crippen LogP contribution in [0.15, 0.2) is 48.0 Å². The Morgan fingerprint density at radius 3 is 2.45 bits per heavy atom. The summed E-state index contributed by atoms with van der Waals surface area (Å²) in [6, 6.07) is 9.93. The van der Waals surface area contributed by atoms with E-state index in [0.29, 0.717) is 16.1 Å². The topological polar surface area (TPSA) is 96.3 Å². The Bertz CT molecular complexity index is 970. The molecular formula is C21H20ClNO6. The maximum absolute atomic E-state index is 12.8. The van der Waals surface area contributed by atoms with Gasteiger partial charge in [0, 0.05) is 24.2 Å². The summed E-state index contributed by atoms with van der Waals surface area (Å²) in [5, 5.41) is 21.3. The van der Waals surface area contributed by atoms with Crippen molar-refractivity contribution in [1.82, 2.24) is 4.90 Å². The monoisotopic (exact) mass is 417 g/mol. The van der Waals surface area contributed by atoms with E-state index in [4.69, 9.17) is 21.1 Å². The molecule has 0 radical (unpaired) electrons. The van der Waals surface area contributed by atoms with Gasteiger partial charge in [0.15, 0.2) is 11.5 Å². The van der Waals surface area contributed by atoms with Crippen molar-refractivity contribution in [3.63, 3.8) is 0 Å². The number of rotatable bonds is 6. The SMILES string of the molecule is COCCN1C(=O)C(=O)/C(=C(\O)c2ccc(Cl)cc2)C1c1ccc(O)c(OC)c1. The third-order valence-corrected chi connectivity index (χ3v) is 4.97. The highest BCUT2D eigenvalue weighted by molar-refractivity contribution is 6.46. The lowest BCUT2D eigenvalue weighted by Crippen LogP contribution is -2.32. The second kappa shape index (κ2) is 8.55. The zero-order valence-electron chi connectivity index (χ0n) is 15.9. The third-order valence-electron chi connectivity index (χ3n) is 4.71. The van der Waals surface area contributed by atoms with Crippen LogP contribution in [-0.2, 0) is 14.3 Å². The number of hydrogen-bond acceptors (Lipinski definition) is 6. The van der Waals surface area contributed by atoms with E-state index in [9.17, 15) is 19.8 Å². The Kier molecular flexibility index (Phi) is 6.10. The van der Waals surface area contributed by atoms with Crippen LogP contribution < -0.4 is 4.74 Å². The van der Waals surface area contributed by atoms with Crippen LogP contribution in [0, 0.1) is 0 Å². The predicted molar refractivity (Wildman–Crippen MR) is 107 cm³/mol. The van der Waals surface area contributed by atoms with Gasteiger partial charge in [-0.2, -0.15) is 0 Å². The molecule has 3 rings (SSSR count). The molecule has 2 aromatic carbocycles. The summed E-state index contributed by atoms with van der Waals surface area (Å²) in [5.41, 5.74) is 0.807. The molecule has 8 heteroatoms. The molecule has 2 aromatic rings. The van der Waals surface area contributed by atoms with Crippen LogP contribution in [0.3, 0.4) is 0 Å². The summed E-state index contributed by atoms with van der Waals surface area (Å²) >= 11 is 5.90. The van der Waals surface area contributed by atoms with Gasteiger partial charge >= 0.3 is 0 Å². The Labute approximate surface area is 172 Å². The Morgan fingerprint density at radius 2 is 1.83 bits per heavy atom. The highest BCUT2D eigenvalue weighted by Crippen LogP contribution is 2.41. The molecule has 0 saturated carbocycles. The van der Waals surface area contributed by atoms with E-state index in [-0.39, 0.29) is 36.0 Å². The minimum Gasteiger partial charge on any atom is -0.507 e. The second-order valence-electron chi connectivity index (χ2n) is 6.42. The molecular weight excluding hydrogens is 398 g/mol. The van der Waals surface area contributed by atoms with Crippen molar-refractivity contribution in [1.29, 1.82) is 0 Å². The van der Waals surface area contributed by atoms with Gasteiger partial charge < -0.3 is 24.6 Å². The van der Waals surface area contributed by atoms with Crippen molar-refractivity contribution in [3.8, 4) is 11.5 Å². The normalized spacial score (nSPS) is 18.3. The summed E-state index contributed by atoms with van der Waals surface area (Å²) in [5.74, 6) is -1.74. The Balaban J connectivity index is 2.18. The van der Waals surface area contributed by atoms with E-state index < -0.39 is 17.7 Å². The Morgan fingerprint density at radius 1 is 1.14 bits per heavy atom. The first kappa shape index (κ1) is 20.7. The molecule has 1 amide bonds. The number of phenols is 1. The highest BCUT2D eigenvalue weighted by Gasteiger charge is 2.46. The van der Waals surface area contributed by atoms with Crippen LogP contribution in [-0.4, -0.2) is 54.2 Å². The molecule has 1 saturated heterocycles. The molecule has 0 bridgehead atoms. The summed E-state index contributed by atoms with van der Waals surface area (Å²) in [7, 11) is 2.89. The van der Waals surface area contributed by atoms with Gasteiger partial charge in [-0.3, -0.25) is 9.59 Å². The van der Waals surface area contributed by atoms with Gasteiger partial charge in [0.2, 0.25) is 0 Å². The fourth-order valence-corrected chi connectivity index (χ4v) is 3.40. The van der Waals surface area contributed by atoms with Crippen LogP contribution in [0.1, 0.15) is 17.2 Å². The van der Waals surface area contributed by atoms with Crippen LogP contribution in [0.2, 0.25) is 5.02 Å². The smallest absolute Gasteiger partial charge is 0.295 e. The van der Waals surface area contributed by atoms with Crippen molar-refractivity contribution in [2.75, 3.05) is 27.4 Å². The minimum absolute atomic E-state index is 0.0545. The van der Waals surface area contributed by atoms with Gasteiger partial charge in [-0.1, -0.05) is 17.7 Å². The number of nitrogens with zero attached hydrogens (tertiary/aromatic N) is 1. The molecule has 0 spiro atoms. The fourth-order valence-electron chi connectivity index (χ4n) is 3.27. The summed E-state index contributed by atoms with van der Waals surface area (Å²) < 4.78 is 10.2. The number of carbonyl (C=O) groups is 2. The van der Waals surface area contributed by atoms with Gasteiger partial charge in [-0.15, -0.1) is 0 Å². The van der Waals surface area contributed by atoms with Crippen LogP contribution in [0.4, 0.5) is 0 Å². The number of benzene rings is 2. The molecule has 0 aliphatic carbocycles. The van der Waals surface area contributed by atoms with E-state index in [0.717, 1.165) is 0 Å². The van der Waals surface area contributed by atoms with E-state index >= 15 is 0 Å². The van der Waals surface area contributed by atoms with Crippen molar-refractivity contribution in [2.45, 2.75) is 6.04 Å². The number of halogens is 1. The average Bonchev–Trinajstić information content (AvgIpc) is 2.97. The van der Waals surface area contributed by atoms with E-state index in [2.05, 4.69) is 0 Å². The number of likely N-dealkylation sites (tertiary alicyclic amines) is 1. The molecule has 1 heterocycles. The molecule has 1 unspecified atom stereocenters. The molecule has 7 nitrogen and oxygen atoms in total. The maximum atomic E-state index is 12.8. The van der Waals surface area contributed by atoms with E-state index in [1.165, 1.54) is 31.3 Å². The standard InChI is InChI=1S/C21H20ClNO6/c1-28-10-9-23-18(13-5-8-15(24)16(11-13)29-2)17(20(26)21(23)27)19(25)12-3-6-14(22)7-4-12/h3-8,11,18,24-25H,9-10H2,1-2H3/b19-17-. The van der Waals surface area contributed by atoms with E-state index in [1.807, 2.05) is 0 Å². The number of ketones is 1. The zero-order chi connectivity index (χ0) is 21.1. The molecule has 0 aromatic heterocycles. The fraction of sp³-hybridized carbons (Fsp3) is 0.238. The van der Waals surface area contributed by atoms with Crippen LogP contribution >= 0.6 is 11.6 Å². The molecule has 1 atom stereocenters. The number of hydrogen-bond donors (Lipinski definition) is 2. The predicted octanol–water partition coefficient (Wildman–Crippen LogP) is 3.12. The second-order valence-corrected chi connectivity index (χ2v) is 6.86. The van der Waals surface area contributed by atoms with Gasteiger partial charge in [0.1, 0.15) is 5.76 Å². The molecule has 2 N–H and O–H groups in total. The molecule has 1 aliphatic heterocycles. The number of Topliss-reactive ketones (excluding diaryl/α,β-unsaturated/α-hetero) is 1. The number of phenolic OH excluding ortho intramolecular Hbond substituents is 1. The largest absolute Gasteiger partial charge is 0.507 e. The minimum atomic E-state index is -0.865. The van der Waals surface area contributed by atoms with Gasteiger partial charge in [0.05, 0.1) is 25.3 Å². The van der Waals surface area contributed by atoms with E-state index in [1.54, 1.807) is 30.3 Å². The lowest BCUT2D eigenvalue weighted by Gasteiger charge is -2.25. The van der Waals surface area contributed by atoms with Crippen molar-refractivity contribution in [3.05, 3.63) is 64.2 Å². The zero-order valence-corrected chi connectivity index (χ0v) is 16.6. The Hall–Kier alpha value is -3.03. The first-order valence-electron chi connectivity index (χ1n) is 8.79. The third kappa shape index (κ3) is 3.92. The highest BCUT2D eigenvalue weighted by atomic mass is 35.5. The molecule has 29 heavy (non-hydrogen) atoms. The van der Waals surface area contributed by atoms with Gasteiger partial charge in [-0.05, 0) is 42.0 Å².